The molecule has 1 fully saturated rings. The molecular weight excluding hydrogens is 234 g/mol. The number of ether oxygens (including phenoxy) is 2. The average molecular weight is 249 g/mol. The smallest absolute Gasteiger partial charge is 0.339 e. The number of hydrogen-bond donors (Lipinski definition) is 1. The van der Waals surface area contributed by atoms with Crippen LogP contribution in [0, 0.1) is 0 Å². The lowest BCUT2D eigenvalue weighted by Gasteiger charge is -2.35. The molecule has 5 heteroatoms. The van der Waals surface area contributed by atoms with Crippen LogP contribution in [0.25, 0.3) is 0 Å². The number of carboxylic acids is 1. The molecule has 0 aromatic heterocycles. The molecule has 2 heterocycles. The Balaban J connectivity index is 2.00. The highest BCUT2D eigenvalue weighted by molar-refractivity contribution is 5.93. The van der Waals surface area contributed by atoms with Crippen molar-refractivity contribution in [1.29, 1.82) is 0 Å². The Morgan fingerprint density at radius 3 is 3.00 bits per heavy atom. The van der Waals surface area contributed by atoms with E-state index in [4.69, 9.17) is 14.6 Å². The number of carboxylic acid groups (broad SMARTS) is 1. The largest absolute Gasteiger partial charge is 0.489 e. The zero-order valence-electron chi connectivity index (χ0n) is 9.96. The maximum absolute atomic E-state index is 11.2. The van der Waals surface area contributed by atoms with Crippen LogP contribution in [-0.4, -0.2) is 43.5 Å². The molecule has 1 unspecified atom stereocenters. The van der Waals surface area contributed by atoms with Crippen molar-refractivity contribution in [3.05, 3.63) is 23.8 Å². The predicted octanol–water partition coefficient (Wildman–Crippen LogP) is 1.37. The van der Waals surface area contributed by atoms with Gasteiger partial charge in [-0.3, -0.25) is 0 Å². The summed E-state index contributed by atoms with van der Waals surface area (Å²) in [5, 5.41) is 9.17. The van der Waals surface area contributed by atoms with Gasteiger partial charge in [0.1, 0.15) is 12.2 Å². The van der Waals surface area contributed by atoms with E-state index >= 15 is 0 Å². The van der Waals surface area contributed by atoms with Crippen LogP contribution in [0.15, 0.2) is 18.2 Å². The van der Waals surface area contributed by atoms with Crippen LogP contribution in [0.2, 0.25) is 0 Å². The fraction of sp³-hybridized carbons (Fsp3) is 0.462. The van der Waals surface area contributed by atoms with Gasteiger partial charge in [-0.15, -0.1) is 0 Å². The Labute approximate surface area is 105 Å². The van der Waals surface area contributed by atoms with Crippen molar-refractivity contribution in [3.8, 4) is 5.75 Å². The molecule has 1 saturated heterocycles. The predicted molar refractivity (Wildman–Crippen MR) is 65.5 cm³/mol. The highest BCUT2D eigenvalue weighted by Crippen LogP contribution is 2.37. The molecule has 0 bridgehead atoms. The zero-order valence-corrected chi connectivity index (χ0v) is 9.96. The molecule has 0 aliphatic carbocycles. The molecule has 0 radical (unpaired) electrons. The lowest BCUT2D eigenvalue weighted by molar-refractivity contribution is 0.0692. The lowest BCUT2D eigenvalue weighted by atomic mass is 10.1. The van der Waals surface area contributed by atoms with Crippen molar-refractivity contribution in [2.45, 2.75) is 12.5 Å². The zero-order chi connectivity index (χ0) is 12.5. The van der Waals surface area contributed by atoms with Crippen LogP contribution in [0.3, 0.4) is 0 Å². The minimum absolute atomic E-state index is 0.233. The molecule has 18 heavy (non-hydrogen) atoms. The van der Waals surface area contributed by atoms with Gasteiger partial charge in [0.2, 0.25) is 0 Å². The number of nitrogens with zero attached hydrogens (tertiary/aromatic N) is 1. The standard InChI is InChI=1S/C13H15NO4/c15-13(16)10-2-1-3-11-12(10)18-7-5-14(11)9-4-6-17-8-9/h1-3,9H,4-8H2,(H,15,16). The number of benzene rings is 1. The molecule has 0 spiro atoms. The third kappa shape index (κ3) is 1.80. The molecule has 2 aliphatic rings. The third-order valence-electron chi connectivity index (χ3n) is 3.46. The first-order chi connectivity index (χ1) is 8.77. The fourth-order valence-corrected chi connectivity index (χ4v) is 2.58. The van der Waals surface area contributed by atoms with E-state index in [1.807, 2.05) is 6.07 Å². The first-order valence-corrected chi connectivity index (χ1v) is 6.11. The molecule has 96 valence electrons. The summed E-state index contributed by atoms with van der Waals surface area (Å²) in [6.45, 7) is 2.78. The minimum Gasteiger partial charge on any atom is -0.489 e. The maximum Gasteiger partial charge on any atom is 0.339 e. The Kier molecular flexibility index (Phi) is 2.83. The summed E-state index contributed by atoms with van der Waals surface area (Å²) in [7, 11) is 0. The highest BCUT2D eigenvalue weighted by Gasteiger charge is 2.30. The summed E-state index contributed by atoms with van der Waals surface area (Å²) in [5.41, 5.74) is 1.10. The van der Waals surface area contributed by atoms with Crippen LogP contribution in [-0.2, 0) is 4.74 Å². The number of rotatable bonds is 2. The topological polar surface area (TPSA) is 59.0 Å². The molecule has 0 amide bonds. The summed E-state index contributed by atoms with van der Waals surface area (Å²) in [4.78, 5) is 13.4. The fourth-order valence-electron chi connectivity index (χ4n) is 2.58. The summed E-state index contributed by atoms with van der Waals surface area (Å²) in [6, 6.07) is 5.59. The van der Waals surface area contributed by atoms with Gasteiger partial charge >= 0.3 is 5.97 Å². The second-order valence-corrected chi connectivity index (χ2v) is 4.52. The Hall–Kier alpha value is -1.75. The van der Waals surface area contributed by atoms with Gasteiger partial charge in [-0.1, -0.05) is 6.07 Å². The molecular formula is C13H15NO4. The Morgan fingerprint density at radius 2 is 2.28 bits per heavy atom. The first-order valence-electron chi connectivity index (χ1n) is 6.11. The van der Waals surface area contributed by atoms with E-state index in [-0.39, 0.29) is 5.56 Å². The van der Waals surface area contributed by atoms with Crippen molar-refractivity contribution >= 4 is 11.7 Å². The van der Waals surface area contributed by atoms with E-state index in [9.17, 15) is 4.79 Å². The van der Waals surface area contributed by atoms with E-state index < -0.39 is 5.97 Å². The second-order valence-electron chi connectivity index (χ2n) is 4.52. The Bertz CT molecular complexity index is 468. The third-order valence-corrected chi connectivity index (χ3v) is 3.46. The van der Waals surface area contributed by atoms with Crippen LogP contribution >= 0.6 is 0 Å². The normalized spacial score (nSPS) is 22.4. The van der Waals surface area contributed by atoms with Gasteiger partial charge in [0.05, 0.1) is 24.9 Å². The van der Waals surface area contributed by atoms with Gasteiger partial charge in [0.25, 0.3) is 0 Å². The summed E-state index contributed by atoms with van der Waals surface area (Å²) >= 11 is 0. The molecule has 1 aromatic rings. The molecule has 0 saturated carbocycles. The summed E-state index contributed by atoms with van der Waals surface area (Å²) in [6.07, 6.45) is 0.983. The molecule has 5 nitrogen and oxygen atoms in total. The van der Waals surface area contributed by atoms with E-state index in [0.717, 1.165) is 25.3 Å². The number of fused-ring (bicyclic) bond motifs is 1. The van der Waals surface area contributed by atoms with E-state index in [0.29, 0.717) is 25.0 Å². The summed E-state index contributed by atoms with van der Waals surface area (Å²) in [5.74, 6) is -0.459. The van der Waals surface area contributed by atoms with Crippen LogP contribution in [0.4, 0.5) is 5.69 Å². The summed E-state index contributed by atoms with van der Waals surface area (Å²) < 4.78 is 10.9. The van der Waals surface area contributed by atoms with E-state index in [1.165, 1.54) is 0 Å². The van der Waals surface area contributed by atoms with Crippen molar-refractivity contribution in [2.75, 3.05) is 31.3 Å². The molecule has 2 aliphatic heterocycles. The van der Waals surface area contributed by atoms with Gasteiger partial charge in [-0.2, -0.15) is 0 Å². The quantitative estimate of drug-likeness (QED) is 0.858. The van der Waals surface area contributed by atoms with Gasteiger partial charge in [0, 0.05) is 6.61 Å². The van der Waals surface area contributed by atoms with Crippen molar-refractivity contribution < 1.29 is 19.4 Å². The van der Waals surface area contributed by atoms with Gasteiger partial charge in [-0.25, -0.2) is 4.79 Å². The van der Waals surface area contributed by atoms with Crippen LogP contribution in [0.1, 0.15) is 16.8 Å². The van der Waals surface area contributed by atoms with Gasteiger partial charge < -0.3 is 19.5 Å². The SMILES string of the molecule is O=C(O)c1cccc2c1OCCN2C1CCOC1. The maximum atomic E-state index is 11.2. The number of hydrogen-bond acceptors (Lipinski definition) is 4. The van der Waals surface area contributed by atoms with E-state index in [2.05, 4.69) is 4.90 Å². The molecule has 1 N–H and O–H groups in total. The van der Waals surface area contributed by atoms with Crippen LogP contribution in [0.5, 0.6) is 5.75 Å². The first kappa shape index (κ1) is 11.3. The second kappa shape index (κ2) is 4.49. The molecule has 1 atom stereocenters. The highest BCUT2D eigenvalue weighted by atomic mass is 16.5. The van der Waals surface area contributed by atoms with Crippen molar-refractivity contribution in [3.63, 3.8) is 0 Å². The molecule has 1 aromatic carbocycles. The van der Waals surface area contributed by atoms with Crippen LogP contribution < -0.4 is 9.64 Å². The monoisotopic (exact) mass is 249 g/mol. The minimum atomic E-state index is -0.948. The van der Waals surface area contributed by atoms with Gasteiger partial charge in [-0.05, 0) is 18.6 Å². The number of aromatic carboxylic acids is 1. The van der Waals surface area contributed by atoms with E-state index in [1.54, 1.807) is 12.1 Å². The van der Waals surface area contributed by atoms with Gasteiger partial charge in [0.15, 0.2) is 5.75 Å². The number of carbonyl (C=O) groups is 1. The Morgan fingerprint density at radius 1 is 1.39 bits per heavy atom. The number of anilines is 1. The average Bonchev–Trinajstić information content (AvgIpc) is 2.91. The number of para-hydroxylation sites is 1. The van der Waals surface area contributed by atoms with Crippen molar-refractivity contribution in [1.82, 2.24) is 0 Å². The molecule has 3 rings (SSSR count). The lowest BCUT2D eigenvalue weighted by Crippen LogP contribution is -2.41. The van der Waals surface area contributed by atoms with Crippen molar-refractivity contribution in [2.24, 2.45) is 0 Å².